The Labute approximate surface area is 79.2 Å². The van der Waals surface area contributed by atoms with Gasteiger partial charge in [-0.25, -0.2) is 9.59 Å². The molecule has 0 aliphatic heterocycles. The maximum absolute atomic E-state index is 10.7. The van der Waals surface area contributed by atoms with Crippen molar-refractivity contribution in [2.75, 3.05) is 26.4 Å². The Morgan fingerprint density at radius 3 is 1.50 bits per heavy atom. The Kier molecular flexibility index (Phi) is 6.25. The maximum atomic E-state index is 10.7. The molecule has 0 aromatic carbocycles. The van der Waals surface area contributed by atoms with Crippen LogP contribution >= 0.6 is 0 Å². The molecule has 0 unspecified atom stereocenters. The minimum Gasteiger partial charge on any atom is -0.457 e. The molecule has 14 heavy (non-hydrogen) atoms. The summed E-state index contributed by atoms with van der Waals surface area (Å²) in [5, 5.41) is 16.5. The first-order valence-electron chi connectivity index (χ1n) is 3.73. The van der Waals surface area contributed by atoms with Crippen molar-refractivity contribution in [2.24, 2.45) is 0 Å². The van der Waals surface area contributed by atoms with Gasteiger partial charge >= 0.3 is 17.7 Å². The number of hydrogen-bond donors (Lipinski definition) is 2. The highest BCUT2D eigenvalue weighted by atomic mass is 16.6. The van der Waals surface area contributed by atoms with Crippen molar-refractivity contribution in [1.29, 1.82) is 0 Å². The zero-order valence-corrected chi connectivity index (χ0v) is 7.26. The normalized spacial score (nSPS) is 9.29. The monoisotopic (exact) mass is 206 g/mol. The topological polar surface area (TPSA) is 110 Å². The highest BCUT2D eigenvalue weighted by Gasteiger charge is 2.25. The second-order valence-electron chi connectivity index (χ2n) is 2.05. The van der Waals surface area contributed by atoms with Gasteiger partial charge in [-0.2, -0.15) is 0 Å². The number of carbonyl (C=O) groups is 3. The number of rotatable bonds is 6. The molecule has 7 nitrogen and oxygen atoms in total. The molecule has 0 spiro atoms. The lowest BCUT2D eigenvalue weighted by molar-refractivity contribution is -0.165. The molecule has 0 aromatic heterocycles. The molecule has 0 saturated heterocycles. The van der Waals surface area contributed by atoms with Gasteiger partial charge in [0, 0.05) is 0 Å². The highest BCUT2D eigenvalue weighted by Crippen LogP contribution is 1.86. The van der Waals surface area contributed by atoms with Crippen LogP contribution in [-0.4, -0.2) is 54.4 Å². The predicted octanol–water partition coefficient (Wildman–Crippen LogP) is -2.37. The van der Waals surface area contributed by atoms with Gasteiger partial charge in [-0.05, 0) is 0 Å². The van der Waals surface area contributed by atoms with Crippen LogP contribution in [-0.2, 0) is 23.9 Å². The first-order valence-corrected chi connectivity index (χ1v) is 3.73. The Balaban J connectivity index is 3.92. The maximum Gasteiger partial charge on any atom is 0.386 e. The molecule has 0 heterocycles. The number of hydrogen-bond acceptors (Lipinski definition) is 7. The van der Waals surface area contributed by atoms with Crippen molar-refractivity contribution in [3.63, 3.8) is 0 Å². The standard InChI is InChI=1S/C7H10O7/c8-1-3-13-6(11)5(10)7(12)14-4-2-9/h8-9H,1-4H2. The van der Waals surface area contributed by atoms with E-state index in [1.807, 2.05) is 0 Å². The molecule has 0 amide bonds. The van der Waals surface area contributed by atoms with Gasteiger partial charge in [-0.1, -0.05) is 0 Å². The van der Waals surface area contributed by atoms with Crippen molar-refractivity contribution in [3.05, 3.63) is 0 Å². The SMILES string of the molecule is O=C(OCCO)C(=O)C(=O)OCCO. The fourth-order valence-corrected chi connectivity index (χ4v) is 0.491. The van der Waals surface area contributed by atoms with E-state index in [-0.39, 0.29) is 13.2 Å². The van der Waals surface area contributed by atoms with E-state index in [1.54, 1.807) is 0 Å². The van der Waals surface area contributed by atoms with Crippen LogP contribution < -0.4 is 0 Å². The molecule has 0 radical (unpaired) electrons. The van der Waals surface area contributed by atoms with E-state index in [0.29, 0.717) is 0 Å². The lowest BCUT2D eigenvalue weighted by Crippen LogP contribution is -2.29. The number of aliphatic hydroxyl groups is 2. The molecule has 2 N–H and O–H groups in total. The average molecular weight is 206 g/mol. The number of ketones is 1. The molecule has 0 rings (SSSR count). The number of Topliss-reactive ketones (excluding diaryl/α,β-unsaturated/α-hetero) is 1. The zero-order chi connectivity index (χ0) is 11.0. The number of ether oxygens (including phenoxy) is 2. The number of esters is 2. The van der Waals surface area contributed by atoms with E-state index in [0.717, 1.165) is 0 Å². The summed E-state index contributed by atoms with van der Waals surface area (Å²) in [5.41, 5.74) is 0. The summed E-state index contributed by atoms with van der Waals surface area (Å²) in [6, 6.07) is 0. The van der Waals surface area contributed by atoms with Crippen molar-refractivity contribution in [1.82, 2.24) is 0 Å². The summed E-state index contributed by atoms with van der Waals surface area (Å²) in [5.74, 6) is -4.24. The molecule has 0 aliphatic carbocycles. The summed E-state index contributed by atoms with van der Waals surface area (Å²) in [6.45, 7) is -1.61. The predicted molar refractivity (Wildman–Crippen MR) is 41.1 cm³/mol. The van der Waals surface area contributed by atoms with Crippen molar-refractivity contribution in [2.45, 2.75) is 0 Å². The molecule has 7 heteroatoms. The lowest BCUT2D eigenvalue weighted by Gasteiger charge is -2.01. The fourth-order valence-electron chi connectivity index (χ4n) is 0.491. The number of carbonyl (C=O) groups excluding carboxylic acids is 3. The van der Waals surface area contributed by atoms with Crippen LogP contribution in [0.5, 0.6) is 0 Å². The van der Waals surface area contributed by atoms with Gasteiger partial charge in [-0.3, -0.25) is 4.79 Å². The molecule has 80 valence electrons. The van der Waals surface area contributed by atoms with Gasteiger partial charge < -0.3 is 19.7 Å². The lowest BCUT2D eigenvalue weighted by atomic mass is 10.4. The average Bonchev–Trinajstić information content (AvgIpc) is 2.21. The van der Waals surface area contributed by atoms with Crippen LogP contribution in [0.1, 0.15) is 0 Å². The van der Waals surface area contributed by atoms with Crippen molar-refractivity contribution >= 4 is 17.7 Å². The van der Waals surface area contributed by atoms with E-state index in [9.17, 15) is 14.4 Å². The Hall–Kier alpha value is -1.47. The fraction of sp³-hybridized carbons (Fsp3) is 0.571. The van der Waals surface area contributed by atoms with Gasteiger partial charge in [0.15, 0.2) is 0 Å². The quantitative estimate of drug-likeness (QED) is 0.284. The first-order chi connectivity index (χ1) is 6.63. The van der Waals surface area contributed by atoms with E-state index < -0.39 is 30.9 Å². The summed E-state index contributed by atoms with van der Waals surface area (Å²) < 4.78 is 8.30. The van der Waals surface area contributed by atoms with Gasteiger partial charge in [0.2, 0.25) is 0 Å². The smallest absolute Gasteiger partial charge is 0.386 e. The van der Waals surface area contributed by atoms with Gasteiger partial charge in [-0.15, -0.1) is 0 Å². The Morgan fingerprint density at radius 1 is 0.857 bits per heavy atom. The third-order valence-corrected chi connectivity index (χ3v) is 1.02. The van der Waals surface area contributed by atoms with Crippen molar-refractivity contribution < 1.29 is 34.1 Å². The third kappa shape index (κ3) is 4.53. The van der Waals surface area contributed by atoms with Crippen LogP contribution in [0.4, 0.5) is 0 Å². The van der Waals surface area contributed by atoms with Crippen molar-refractivity contribution in [3.8, 4) is 0 Å². The van der Waals surface area contributed by atoms with Crippen LogP contribution in [0.3, 0.4) is 0 Å². The summed E-state index contributed by atoms with van der Waals surface area (Å²) in [4.78, 5) is 32.1. The van der Waals surface area contributed by atoms with Gasteiger partial charge in [0.05, 0.1) is 13.2 Å². The molecular formula is C7H10O7. The second kappa shape index (κ2) is 6.98. The minimum absolute atomic E-state index is 0.363. The van der Waals surface area contributed by atoms with Crippen LogP contribution in [0, 0.1) is 0 Å². The third-order valence-electron chi connectivity index (χ3n) is 1.02. The Bertz CT molecular complexity index is 200. The molecule has 0 bridgehead atoms. The summed E-state index contributed by atoms with van der Waals surface area (Å²) in [7, 11) is 0. The molecule has 0 aliphatic rings. The van der Waals surface area contributed by atoms with Gasteiger partial charge in [0.25, 0.3) is 0 Å². The molecule has 0 fully saturated rings. The highest BCUT2D eigenvalue weighted by molar-refractivity contribution is 6.60. The van der Waals surface area contributed by atoms with Crippen LogP contribution in [0.15, 0.2) is 0 Å². The number of aliphatic hydroxyl groups excluding tert-OH is 2. The van der Waals surface area contributed by atoms with E-state index in [2.05, 4.69) is 9.47 Å². The Morgan fingerprint density at radius 2 is 1.21 bits per heavy atom. The zero-order valence-electron chi connectivity index (χ0n) is 7.26. The van der Waals surface area contributed by atoms with E-state index >= 15 is 0 Å². The largest absolute Gasteiger partial charge is 0.457 e. The summed E-state index contributed by atoms with van der Waals surface area (Å²) >= 11 is 0. The molecule has 0 saturated carbocycles. The van der Waals surface area contributed by atoms with E-state index in [4.69, 9.17) is 10.2 Å². The van der Waals surface area contributed by atoms with E-state index in [1.165, 1.54) is 0 Å². The minimum atomic E-state index is -1.47. The molecule has 0 atom stereocenters. The molecule has 0 aromatic rings. The molecular weight excluding hydrogens is 196 g/mol. The second-order valence-corrected chi connectivity index (χ2v) is 2.05. The summed E-state index contributed by atoms with van der Waals surface area (Å²) in [6.07, 6.45) is 0. The van der Waals surface area contributed by atoms with Gasteiger partial charge in [0.1, 0.15) is 13.2 Å². The first kappa shape index (κ1) is 12.5. The van der Waals surface area contributed by atoms with Crippen LogP contribution in [0.25, 0.3) is 0 Å². The van der Waals surface area contributed by atoms with Crippen LogP contribution in [0.2, 0.25) is 0 Å².